The van der Waals surface area contributed by atoms with E-state index in [9.17, 15) is 13.2 Å². The van der Waals surface area contributed by atoms with Crippen molar-refractivity contribution in [2.45, 2.75) is 4.90 Å². The molecule has 0 fully saturated rings. The number of aromatic nitrogens is 2. The third kappa shape index (κ3) is 3.09. The summed E-state index contributed by atoms with van der Waals surface area (Å²) in [6.07, 6.45) is 3.43. The van der Waals surface area contributed by atoms with Crippen LogP contribution >= 0.6 is 0 Å². The summed E-state index contributed by atoms with van der Waals surface area (Å²) in [7, 11) is -4.02. The third-order valence-corrected chi connectivity index (χ3v) is 4.93. The quantitative estimate of drug-likeness (QED) is 0.406. The Morgan fingerprint density at radius 3 is 2.54 bits per heavy atom. The van der Waals surface area contributed by atoms with Gasteiger partial charge in [0.2, 0.25) is 0 Å². The molecule has 0 spiro atoms. The second-order valence-corrected chi connectivity index (χ2v) is 6.98. The van der Waals surface area contributed by atoms with Crippen molar-refractivity contribution < 1.29 is 17.0 Å². The summed E-state index contributed by atoms with van der Waals surface area (Å²) in [5.41, 5.74) is 0.585. The van der Waals surface area contributed by atoms with Crippen LogP contribution in [0.5, 0.6) is 5.75 Å². The molecule has 0 bridgehead atoms. The van der Waals surface area contributed by atoms with E-state index in [0.29, 0.717) is 11.0 Å². The van der Waals surface area contributed by atoms with E-state index in [0.717, 1.165) is 5.69 Å². The third-order valence-electron chi connectivity index (χ3n) is 3.69. The van der Waals surface area contributed by atoms with Crippen LogP contribution in [0.2, 0.25) is 0 Å². The zero-order valence-electron chi connectivity index (χ0n) is 13.3. The Balaban J connectivity index is 1.62. The standard InChI is InChI=1S/C18H12N2O5S/c21-18-9-2-13-12-16(7-8-17(13)24-18)26(22,23)25-15-5-3-14(4-6-15)20-11-1-10-19-20/h1-12H. The normalized spacial score (nSPS) is 11.5. The molecule has 0 aliphatic carbocycles. The Morgan fingerprint density at radius 2 is 1.81 bits per heavy atom. The molecule has 2 aromatic heterocycles. The van der Waals surface area contributed by atoms with Gasteiger partial charge in [-0.3, -0.25) is 0 Å². The van der Waals surface area contributed by atoms with Crippen molar-refractivity contribution >= 4 is 21.1 Å². The molecule has 0 amide bonds. The lowest BCUT2D eigenvalue weighted by Crippen LogP contribution is -2.10. The number of hydrogen-bond acceptors (Lipinski definition) is 6. The summed E-state index contributed by atoms with van der Waals surface area (Å²) >= 11 is 0. The second-order valence-electron chi connectivity index (χ2n) is 5.44. The molecule has 0 radical (unpaired) electrons. The van der Waals surface area contributed by atoms with Gasteiger partial charge in [-0.1, -0.05) is 0 Å². The monoisotopic (exact) mass is 368 g/mol. The fourth-order valence-electron chi connectivity index (χ4n) is 2.46. The van der Waals surface area contributed by atoms with E-state index in [1.54, 1.807) is 47.4 Å². The lowest BCUT2D eigenvalue weighted by atomic mass is 10.2. The molecule has 2 heterocycles. The topological polar surface area (TPSA) is 91.4 Å². The summed E-state index contributed by atoms with van der Waals surface area (Å²) in [6, 6.07) is 15.2. The van der Waals surface area contributed by atoms with Gasteiger partial charge < -0.3 is 8.60 Å². The van der Waals surface area contributed by atoms with Crippen LogP contribution in [0.4, 0.5) is 0 Å². The van der Waals surface area contributed by atoms with Crippen molar-refractivity contribution in [3.05, 3.63) is 83.5 Å². The molecule has 7 nitrogen and oxygen atoms in total. The van der Waals surface area contributed by atoms with Gasteiger partial charge in [0.1, 0.15) is 16.2 Å². The summed E-state index contributed by atoms with van der Waals surface area (Å²) in [6.45, 7) is 0. The van der Waals surface area contributed by atoms with Crippen molar-refractivity contribution in [2.24, 2.45) is 0 Å². The van der Waals surface area contributed by atoms with Crippen molar-refractivity contribution in [1.82, 2.24) is 9.78 Å². The van der Waals surface area contributed by atoms with Gasteiger partial charge in [0, 0.05) is 23.8 Å². The first-order valence-corrected chi connectivity index (χ1v) is 9.01. The Morgan fingerprint density at radius 1 is 1.00 bits per heavy atom. The summed E-state index contributed by atoms with van der Waals surface area (Å²) < 4.78 is 36.8. The van der Waals surface area contributed by atoms with Crippen LogP contribution in [0.15, 0.2) is 87.2 Å². The Bertz CT molecular complexity index is 1230. The van der Waals surface area contributed by atoms with E-state index < -0.39 is 15.7 Å². The van der Waals surface area contributed by atoms with Crippen LogP contribution in [0, 0.1) is 0 Å². The van der Waals surface area contributed by atoms with E-state index in [4.69, 9.17) is 8.60 Å². The number of rotatable bonds is 4. The van der Waals surface area contributed by atoms with Crippen molar-refractivity contribution in [2.75, 3.05) is 0 Å². The summed E-state index contributed by atoms with van der Waals surface area (Å²) in [5, 5.41) is 4.59. The first-order valence-electron chi connectivity index (χ1n) is 7.60. The number of hydrogen-bond donors (Lipinski definition) is 0. The molecule has 4 aromatic rings. The van der Waals surface area contributed by atoms with Gasteiger partial charge >= 0.3 is 15.7 Å². The highest BCUT2D eigenvalue weighted by molar-refractivity contribution is 7.87. The predicted molar refractivity (Wildman–Crippen MR) is 93.9 cm³/mol. The molecule has 0 N–H and O–H groups in total. The highest BCUT2D eigenvalue weighted by Crippen LogP contribution is 2.23. The van der Waals surface area contributed by atoms with E-state index in [1.807, 2.05) is 0 Å². The highest BCUT2D eigenvalue weighted by atomic mass is 32.2. The Kier molecular flexibility index (Phi) is 3.81. The molecule has 0 aliphatic heterocycles. The smallest absolute Gasteiger partial charge is 0.339 e. The largest absolute Gasteiger partial charge is 0.423 e. The maximum atomic E-state index is 12.5. The van der Waals surface area contributed by atoms with Crippen LogP contribution in [0.3, 0.4) is 0 Å². The van der Waals surface area contributed by atoms with Gasteiger partial charge in [0.25, 0.3) is 0 Å². The Labute approximate surface area is 148 Å². The van der Waals surface area contributed by atoms with Crippen LogP contribution in [-0.4, -0.2) is 18.2 Å². The van der Waals surface area contributed by atoms with E-state index >= 15 is 0 Å². The molecule has 0 unspecified atom stereocenters. The lowest BCUT2D eigenvalue weighted by Gasteiger charge is -2.08. The molecule has 2 aromatic carbocycles. The fourth-order valence-corrected chi connectivity index (χ4v) is 3.42. The minimum atomic E-state index is -4.02. The molecule has 8 heteroatoms. The van der Waals surface area contributed by atoms with E-state index in [2.05, 4.69) is 5.10 Å². The molecule has 0 saturated carbocycles. The Hall–Kier alpha value is -3.39. The average Bonchev–Trinajstić information content (AvgIpc) is 3.16. The van der Waals surface area contributed by atoms with Crippen LogP contribution in [-0.2, 0) is 10.1 Å². The van der Waals surface area contributed by atoms with E-state index in [1.165, 1.54) is 30.3 Å². The van der Waals surface area contributed by atoms with Gasteiger partial charge in [-0.15, -0.1) is 0 Å². The SMILES string of the molecule is O=c1ccc2cc(S(=O)(=O)Oc3ccc(-n4cccn4)cc3)ccc2o1. The summed E-state index contributed by atoms with van der Waals surface area (Å²) in [5.74, 6) is 0.181. The fraction of sp³-hybridized carbons (Fsp3) is 0. The van der Waals surface area contributed by atoms with Gasteiger partial charge in [-0.05, 0) is 54.6 Å². The minimum absolute atomic E-state index is 0.0324. The predicted octanol–water partition coefficient (Wildman–Crippen LogP) is 2.75. The number of benzene rings is 2. The molecule has 130 valence electrons. The highest BCUT2D eigenvalue weighted by Gasteiger charge is 2.17. The van der Waals surface area contributed by atoms with Crippen LogP contribution in [0.1, 0.15) is 0 Å². The lowest BCUT2D eigenvalue weighted by molar-refractivity contribution is 0.486. The van der Waals surface area contributed by atoms with Crippen LogP contribution in [0.25, 0.3) is 16.7 Å². The zero-order valence-corrected chi connectivity index (χ0v) is 14.1. The van der Waals surface area contributed by atoms with Gasteiger partial charge in [0.15, 0.2) is 0 Å². The molecular formula is C18H12N2O5S. The van der Waals surface area contributed by atoms with Crippen molar-refractivity contribution in [3.63, 3.8) is 0 Å². The molecule has 4 rings (SSSR count). The maximum Gasteiger partial charge on any atom is 0.339 e. The maximum absolute atomic E-state index is 12.5. The average molecular weight is 368 g/mol. The zero-order chi connectivity index (χ0) is 18.1. The first-order chi connectivity index (χ1) is 12.5. The van der Waals surface area contributed by atoms with Crippen molar-refractivity contribution in [3.8, 4) is 11.4 Å². The second kappa shape index (κ2) is 6.16. The number of fused-ring (bicyclic) bond motifs is 1. The molecule has 0 atom stereocenters. The molecular weight excluding hydrogens is 356 g/mol. The van der Waals surface area contributed by atoms with E-state index in [-0.39, 0.29) is 10.6 Å². The molecule has 26 heavy (non-hydrogen) atoms. The molecule has 0 aliphatic rings. The van der Waals surface area contributed by atoms with Crippen LogP contribution < -0.4 is 9.81 Å². The van der Waals surface area contributed by atoms with Gasteiger partial charge in [-0.25, -0.2) is 9.48 Å². The van der Waals surface area contributed by atoms with Gasteiger partial charge in [0.05, 0.1) is 5.69 Å². The number of nitrogens with zero attached hydrogens (tertiary/aromatic N) is 2. The van der Waals surface area contributed by atoms with Crippen molar-refractivity contribution in [1.29, 1.82) is 0 Å². The first kappa shape index (κ1) is 16.1. The van der Waals surface area contributed by atoms with Gasteiger partial charge in [-0.2, -0.15) is 13.5 Å². The molecule has 0 saturated heterocycles. The minimum Gasteiger partial charge on any atom is -0.423 e. The summed E-state index contributed by atoms with van der Waals surface area (Å²) in [4.78, 5) is 11.2.